The molecule has 0 atom stereocenters. The summed E-state index contributed by atoms with van der Waals surface area (Å²) in [5.74, 6) is 0.436. The summed E-state index contributed by atoms with van der Waals surface area (Å²) in [5.41, 5.74) is 3.17. The molecule has 0 radical (unpaired) electrons. The number of halogens is 1. The molecule has 8 heteroatoms. The molecule has 162 valence electrons. The van der Waals surface area contributed by atoms with Crippen LogP contribution in [-0.2, 0) is 4.79 Å². The average Bonchev–Trinajstić information content (AvgIpc) is 3.23. The van der Waals surface area contributed by atoms with Gasteiger partial charge in [-0.2, -0.15) is 0 Å². The van der Waals surface area contributed by atoms with Gasteiger partial charge in [0.25, 0.3) is 0 Å². The number of benzene rings is 1. The normalized spacial score (nSPS) is 15.8. The van der Waals surface area contributed by atoms with Crippen LogP contribution < -0.4 is 4.90 Å². The van der Waals surface area contributed by atoms with Gasteiger partial charge in [0.1, 0.15) is 17.5 Å². The van der Waals surface area contributed by atoms with Gasteiger partial charge in [-0.05, 0) is 62.2 Å². The number of H-pyrrole nitrogens is 1. The van der Waals surface area contributed by atoms with Crippen LogP contribution in [0, 0.1) is 11.2 Å². The second kappa shape index (κ2) is 7.71. The number of imidazole rings is 1. The van der Waals surface area contributed by atoms with Crippen LogP contribution in [-0.4, -0.2) is 44.1 Å². The number of pyridine rings is 2. The third-order valence-corrected chi connectivity index (χ3v) is 6.23. The zero-order valence-electron chi connectivity index (χ0n) is 17.5. The molecular weight excluding hydrogens is 409 g/mol. The Morgan fingerprint density at radius 2 is 1.81 bits per heavy atom. The first kappa shape index (κ1) is 20.1. The number of fused-ring (bicyclic) bond motifs is 1. The Hall–Kier alpha value is -3.81. The SMILES string of the molecule is CC1(C(=O)O)CCN(c2ccc(-c3ccc(-c4nc5ccc(F)cc5[nH]4)cn3)cn2)CC1. The number of aliphatic carboxylic acids is 1. The van der Waals surface area contributed by atoms with E-state index < -0.39 is 11.4 Å². The van der Waals surface area contributed by atoms with Gasteiger partial charge in [-0.15, -0.1) is 0 Å². The molecule has 0 amide bonds. The summed E-state index contributed by atoms with van der Waals surface area (Å²) in [5, 5.41) is 9.39. The molecule has 0 bridgehead atoms. The van der Waals surface area contributed by atoms with E-state index in [-0.39, 0.29) is 5.82 Å². The number of nitrogens with zero attached hydrogens (tertiary/aromatic N) is 4. The first-order valence-electron chi connectivity index (χ1n) is 10.5. The maximum absolute atomic E-state index is 13.4. The number of hydrogen-bond acceptors (Lipinski definition) is 5. The molecule has 1 aliphatic heterocycles. The van der Waals surface area contributed by atoms with E-state index in [1.807, 2.05) is 31.2 Å². The van der Waals surface area contributed by atoms with Crippen molar-refractivity contribution in [3.05, 3.63) is 60.7 Å². The Labute approximate surface area is 184 Å². The van der Waals surface area contributed by atoms with Crippen LogP contribution in [0.4, 0.5) is 10.2 Å². The van der Waals surface area contributed by atoms with E-state index in [4.69, 9.17) is 0 Å². The number of aromatic nitrogens is 4. The molecule has 0 aliphatic carbocycles. The monoisotopic (exact) mass is 431 g/mol. The van der Waals surface area contributed by atoms with Crippen molar-refractivity contribution >= 4 is 22.8 Å². The summed E-state index contributed by atoms with van der Waals surface area (Å²) in [4.78, 5) is 30.3. The van der Waals surface area contributed by atoms with Crippen molar-refractivity contribution < 1.29 is 14.3 Å². The number of rotatable bonds is 4. The largest absolute Gasteiger partial charge is 0.481 e. The molecule has 2 N–H and O–H groups in total. The van der Waals surface area contributed by atoms with Gasteiger partial charge >= 0.3 is 5.97 Å². The maximum atomic E-state index is 13.4. The van der Waals surface area contributed by atoms with Crippen molar-refractivity contribution in [2.75, 3.05) is 18.0 Å². The summed E-state index contributed by atoms with van der Waals surface area (Å²) in [6.45, 7) is 3.15. The Bertz CT molecular complexity index is 1280. The molecule has 3 aromatic heterocycles. The highest BCUT2D eigenvalue weighted by Crippen LogP contribution is 2.33. The number of carbonyl (C=O) groups is 1. The van der Waals surface area contributed by atoms with Gasteiger partial charge < -0.3 is 15.0 Å². The fourth-order valence-corrected chi connectivity index (χ4v) is 3.99. The van der Waals surface area contributed by atoms with Gasteiger partial charge in [0.05, 0.1) is 22.1 Å². The van der Waals surface area contributed by atoms with Crippen LogP contribution in [0.25, 0.3) is 33.7 Å². The Morgan fingerprint density at radius 1 is 1.06 bits per heavy atom. The van der Waals surface area contributed by atoms with Crippen LogP contribution >= 0.6 is 0 Å². The van der Waals surface area contributed by atoms with Gasteiger partial charge in [0, 0.05) is 36.6 Å². The van der Waals surface area contributed by atoms with Gasteiger partial charge in [0.2, 0.25) is 0 Å². The Balaban J connectivity index is 1.31. The van der Waals surface area contributed by atoms with Crippen LogP contribution in [0.5, 0.6) is 0 Å². The second-order valence-electron chi connectivity index (χ2n) is 8.44. The number of carboxylic acids is 1. The van der Waals surface area contributed by atoms with Crippen molar-refractivity contribution in [3.63, 3.8) is 0 Å². The molecule has 5 rings (SSSR count). The lowest BCUT2D eigenvalue weighted by Crippen LogP contribution is -2.43. The second-order valence-corrected chi connectivity index (χ2v) is 8.44. The fourth-order valence-electron chi connectivity index (χ4n) is 3.99. The number of piperidine rings is 1. The van der Waals surface area contributed by atoms with E-state index in [1.54, 1.807) is 18.5 Å². The van der Waals surface area contributed by atoms with E-state index >= 15 is 0 Å². The highest BCUT2D eigenvalue weighted by Gasteiger charge is 2.37. The van der Waals surface area contributed by atoms with E-state index in [0.29, 0.717) is 42.8 Å². The number of aromatic amines is 1. The quantitative estimate of drug-likeness (QED) is 0.493. The van der Waals surface area contributed by atoms with Crippen molar-refractivity contribution in [2.45, 2.75) is 19.8 Å². The van der Waals surface area contributed by atoms with Gasteiger partial charge in [-0.1, -0.05) is 0 Å². The smallest absolute Gasteiger partial charge is 0.309 e. The van der Waals surface area contributed by atoms with Gasteiger partial charge in [-0.3, -0.25) is 9.78 Å². The summed E-state index contributed by atoms with van der Waals surface area (Å²) < 4.78 is 13.4. The lowest BCUT2D eigenvalue weighted by atomic mass is 9.80. The molecule has 0 spiro atoms. The predicted molar refractivity (Wildman–Crippen MR) is 120 cm³/mol. The zero-order chi connectivity index (χ0) is 22.3. The first-order valence-corrected chi connectivity index (χ1v) is 10.5. The molecular formula is C24H22FN5O2. The topological polar surface area (TPSA) is 95.0 Å². The van der Waals surface area contributed by atoms with E-state index in [2.05, 4.69) is 24.8 Å². The lowest BCUT2D eigenvalue weighted by Gasteiger charge is -2.37. The molecule has 1 fully saturated rings. The summed E-state index contributed by atoms with van der Waals surface area (Å²) in [6.07, 6.45) is 4.72. The van der Waals surface area contributed by atoms with Crippen LogP contribution in [0.2, 0.25) is 0 Å². The van der Waals surface area contributed by atoms with Crippen LogP contribution in [0.15, 0.2) is 54.9 Å². The molecule has 4 aromatic rings. The molecule has 1 aromatic carbocycles. The van der Waals surface area contributed by atoms with E-state index in [9.17, 15) is 14.3 Å². The minimum Gasteiger partial charge on any atom is -0.481 e. The first-order chi connectivity index (χ1) is 15.4. The van der Waals surface area contributed by atoms with Crippen molar-refractivity contribution in [3.8, 4) is 22.6 Å². The van der Waals surface area contributed by atoms with Crippen molar-refractivity contribution in [2.24, 2.45) is 5.41 Å². The molecule has 0 saturated carbocycles. The zero-order valence-corrected chi connectivity index (χ0v) is 17.5. The number of nitrogens with one attached hydrogen (secondary N) is 1. The third kappa shape index (κ3) is 3.68. The third-order valence-electron chi connectivity index (χ3n) is 6.23. The molecule has 0 unspecified atom stereocenters. The summed E-state index contributed by atoms with van der Waals surface area (Å²) in [7, 11) is 0. The molecule has 1 saturated heterocycles. The minimum absolute atomic E-state index is 0.308. The fraction of sp³-hybridized carbons (Fsp3) is 0.250. The van der Waals surface area contributed by atoms with Crippen molar-refractivity contribution in [1.29, 1.82) is 0 Å². The molecule has 32 heavy (non-hydrogen) atoms. The van der Waals surface area contributed by atoms with Crippen LogP contribution in [0.3, 0.4) is 0 Å². The van der Waals surface area contributed by atoms with Gasteiger partial charge in [-0.25, -0.2) is 14.4 Å². The average molecular weight is 431 g/mol. The maximum Gasteiger partial charge on any atom is 0.309 e. The number of carboxylic acid groups (broad SMARTS) is 1. The number of anilines is 1. The summed E-state index contributed by atoms with van der Waals surface area (Å²) >= 11 is 0. The summed E-state index contributed by atoms with van der Waals surface area (Å²) in [6, 6.07) is 12.2. The van der Waals surface area contributed by atoms with Gasteiger partial charge in [0.15, 0.2) is 0 Å². The minimum atomic E-state index is -0.732. The highest BCUT2D eigenvalue weighted by molar-refractivity contribution is 5.79. The van der Waals surface area contributed by atoms with E-state index in [1.165, 1.54) is 12.1 Å². The van der Waals surface area contributed by atoms with E-state index in [0.717, 1.165) is 22.6 Å². The molecule has 4 heterocycles. The Morgan fingerprint density at radius 3 is 2.47 bits per heavy atom. The number of hydrogen-bond donors (Lipinski definition) is 2. The standard InChI is InChI=1S/C24H22FN5O2/c1-24(23(31)32)8-10-30(11-9-24)21-7-3-15(13-27-21)18-5-2-16(14-26-18)22-28-19-6-4-17(25)12-20(19)29-22/h2-7,12-14H,8-11H2,1H3,(H,28,29)(H,31,32). The molecule has 1 aliphatic rings. The predicted octanol–water partition coefficient (Wildman–Crippen LogP) is 4.52. The van der Waals surface area contributed by atoms with Crippen LogP contribution in [0.1, 0.15) is 19.8 Å². The lowest BCUT2D eigenvalue weighted by molar-refractivity contribution is -0.149. The molecule has 7 nitrogen and oxygen atoms in total. The highest BCUT2D eigenvalue weighted by atomic mass is 19.1. The van der Waals surface area contributed by atoms with Crippen molar-refractivity contribution in [1.82, 2.24) is 19.9 Å². The Kier molecular flexibility index (Phi) is 4.84.